The van der Waals surface area contributed by atoms with Gasteiger partial charge >= 0.3 is 5.97 Å². The Morgan fingerprint density at radius 2 is 2.10 bits per heavy atom. The Morgan fingerprint density at radius 3 is 2.71 bits per heavy atom. The third-order valence-corrected chi connectivity index (χ3v) is 4.97. The highest BCUT2D eigenvalue weighted by Gasteiger charge is 2.33. The molecule has 1 unspecified atom stereocenters. The molecule has 1 aliphatic heterocycles. The summed E-state index contributed by atoms with van der Waals surface area (Å²) >= 11 is 5.06. The molecule has 1 aromatic carbocycles. The largest absolute Gasteiger partial charge is 0.464 e. The van der Waals surface area contributed by atoms with Gasteiger partial charge in [0.15, 0.2) is 0 Å². The lowest BCUT2D eigenvalue weighted by molar-refractivity contribution is -0.147. The topological polar surface area (TPSA) is 46.6 Å². The molecule has 0 aliphatic carbocycles. The molecule has 0 N–H and O–H groups in total. The van der Waals surface area contributed by atoms with Crippen LogP contribution in [-0.4, -0.2) is 47.5 Å². The molecule has 0 bridgehead atoms. The second kappa shape index (κ2) is 7.84. The number of ether oxygens (including phenoxy) is 1. The first-order chi connectivity index (χ1) is 10.2. The maximum Gasteiger partial charge on any atom is 0.329 e. The second-order valence-corrected chi connectivity index (χ2v) is 6.38. The van der Waals surface area contributed by atoms with E-state index in [1.165, 1.54) is 0 Å². The van der Waals surface area contributed by atoms with Crippen molar-refractivity contribution in [1.82, 2.24) is 4.90 Å². The van der Waals surface area contributed by atoms with Crippen molar-refractivity contribution in [3.05, 3.63) is 35.4 Å². The van der Waals surface area contributed by atoms with Crippen LogP contribution in [0.3, 0.4) is 0 Å². The molecule has 1 atom stereocenters. The van der Waals surface area contributed by atoms with E-state index in [1.54, 1.807) is 23.6 Å². The standard InChI is InChI=1S/C15H18BrNO3S/c1-2-20-15(19)13-10-21-8-7-17(13)14(18)12-5-3-11(9-16)4-6-12/h3-6,13H,2,7-10H2,1H3. The average Bonchev–Trinajstić information content (AvgIpc) is 2.54. The quantitative estimate of drug-likeness (QED) is 0.602. The second-order valence-electron chi connectivity index (χ2n) is 4.67. The predicted octanol–water partition coefficient (Wildman–Crippen LogP) is 2.70. The van der Waals surface area contributed by atoms with Gasteiger partial charge in [-0.05, 0) is 24.6 Å². The molecule has 1 aliphatic rings. The van der Waals surface area contributed by atoms with Crippen LogP contribution in [-0.2, 0) is 14.9 Å². The Kier molecular flexibility index (Phi) is 6.11. The van der Waals surface area contributed by atoms with Gasteiger partial charge in [-0.25, -0.2) is 4.79 Å². The number of rotatable bonds is 4. The van der Waals surface area contributed by atoms with Crippen LogP contribution in [0, 0.1) is 0 Å². The zero-order valence-electron chi connectivity index (χ0n) is 11.9. The van der Waals surface area contributed by atoms with Gasteiger partial charge in [-0.15, -0.1) is 0 Å². The summed E-state index contributed by atoms with van der Waals surface area (Å²) in [5.41, 5.74) is 1.73. The molecule has 1 heterocycles. The minimum atomic E-state index is -0.480. The first-order valence-corrected chi connectivity index (χ1v) is 9.15. The van der Waals surface area contributed by atoms with E-state index < -0.39 is 6.04 Å². The minimum absolute atomic E-state index is 0.102. The number of hydrogen-bond donors (Lipinski definition) is 0. The van der Waals surface area contributed by atoms with Crippen molar-refractivity contribution in [2.24, 2.45) is 0 Å². The highest BCUT2D eigenvalue weighted by atomic mass is 79.9. The van der Waals surface area contributed by atoms with Gasteiger partial charge in [-0.1, -0.05) is 28.1 Å². The molecule has 6 heteroatoms. The Bertz CT molecular complexity index is 506. The van der Waals surface area contributed by atoms with Crippen LogP contribution in [0.2, 0.25) is 0 Å². The molecule has 0 spiro atoms. The van der Waals surface area contributed by atoms with Crippen molar-refractivity contribution < 1.29 is 14.3 Å². The third kappa shape index (κ3) is 4.01. The van der Waals surface area contributed by atoms with Gasteiger partial charge in [0.2, 0.25) is 0 Å². The van der Waals surface area contributed by atoms with Gasteiger partial charge in [0, 0.05) is 28.9 Å². The summed E-state index contributed by atoms with van der Waals surface area (Å²) in [6.07, 6.45) is 0. The van der Waals surface area contributed by atoms with Crippen LogP contribution < -0.4 is 0 Å². The van der Waals surface area contributed by atoms with Crippen LogP contribution >= 0.6 is 27.7 Å². The molecule has 0 aromatic heterocycles. The average molecular weight is 372 g/mol. The number of hydrogen-bond acceptors (Lipinski definition) is 4. The van der Waals surface area contributed by atoms with Gasteiger partial charge in [-0.3, -0.25) is 4.79 Å². The highest BCUT2D eigenvalue weighted by molar-refractivity contribution is 9.08. The fourth-order valence-corrected chi connectivity index (χ4v) is 3.59. The maximum absolute atomic E-state index is 12.6. The molecule has 0 saturated carbocycles. The summed E-state index contributed by atoms with van der Waals surface area (Å²) < 4.78 is 5.08. The number of amides is 1. The molecule has 1 amide bonds. The van der Waals surface area contributed by atoms with Gasteiger partial charge in [0.05, 0.1) is 6.61 Å². The van der Waals surface area contributed by atoms with E-state index >= 15 is 0 Å². The SMILES string of the molecule is CCOC(=O)C1CSCCN1C(=O)c1ccc(CBr)cc1. The number of nitrogens with zero attached hydrogens (tertiary/aromatic N) is 1. The Morgan fingerprint density at radius 1 is 1.38 bits per heavy atom. The minimum Gasteiger partial charge on any atom is -0.464 e. The van der Waals surface area contributed by atoms with Gasteiger partial charge in [-0.2, -0.15) is 11.8 Å². The molecular weight excluding hydrogens is 354 g/mol. The van der Waals surface area contributed by atoms with Crippen LogP contribution in [0.25, 0.3) is 0 Å². The van der Waals surface area contributed by atoms with E-state index in [-0.39, 0.29) is 11.9 Å². The number of carbonyl (C=O) groups excluding carboxylic acids is 2. The van der Waals surface area contributed by atoms with E-state index in [2.05, 4.69) is 15.9 Å². The monoisotopic (exact) mass is 371 g/mol. The number of carbonyl (C=O) groups is 2. The van der Waals surface area contributed by atoms with Crippen LogP contribution in [0.5, 0.6) is 0 Å². The van der Waals surface area contributed by atoms with E-state index in [1.807, 2.05) is 24.3 Å². The molecule has 1 fully saturated rings. The first kappa shape index (κ1) is 16.4. The van der Waals surface area contributed by atoms with Crippen molar-refractivity contribution in [2.45, 2.75) is 18.3 Å². The Labute approximate surface area is 137 Å². The van der Waals surface area contributed by atoms with E-state index in [9.17, 15) is 9.59 Å². The zero-order valence-corrected chi connectivity index (χ0v) is 14.3. The summed E-state index contributed by atoms with van der Waals surface area (Å²) in [5.74, 6) is 1.04. The highest BCUT2D eigenvalue weighted by Crippen LogP contribution is 2.20. The summed E-state index contributed by atoms with van der Waals surface area (Å²) in [7, 11) is 0. The number of benzene rings is 1. The normalized spacial score (nSPS) is 18.4. The zero-order chi connectivity index (χ0) is 15.2. The van der Waals surface area contributed by atoms with E-state index in [0.29, 0.717) is 24.5 Å². The fourth-order valence-electron chi connectivity index (χ4n) is 2.18. The number of halogens is 1. The van der Waals surface area contributed by atoms with Crippen molar-refractivity contribution in [3.63, 3.8) is 0 Å². The first-order valence-electron chi connectivity index (χ1n) is 6.87. The molecular formula is C15H18BrNO3S. The predicted molar refractivity (Wildman–Crippen MR) is 87.9 cm³/mol. The smallest absolute Gasteiger partial charge is 0.329 e. The number of esters is 1. The Balaban J connectivity index is 2.15. The van der Waals surface area contributed by atoms with Crippen molar-refractivity contribution in [2.75, 3.05) is 24.7 Å². The lowest BCUT2D eigenvalue weighted by Gasteiger charge is -2.33. The fraction of sp³-hybridized carbons (Fsp3) is 0.467. The number of alkyl halides is 1. The summed E-state index contributed by atoms with van der Waals surface area (Å²) in [6, 6.07) is 6.97. The van der Waals surface area contributed by atoms with Crippen LogP contribution in [0.4, 0.5) is 0 Å². The molecule has 0 radical (unpaired) electrons. The summed E-state index contributed by atoms with van der Waals surface area (Å²) in [4.78, 5) is 26.3. The molecule has 1 aromatic rings. The number of thioether (sulfide) groups is 1. The lowest BCUT2D eigenvalue weighted by atomic mass is 10.1. The van der Waals surface area contributed by atoms with Crippen LogP contribution in [0.1, 0.15) is 22.8 Å². The molecule has 21 heavy (non-hydrogen) atoms. The summed E-state index contributed by atoms with van der Waals surface area (Å²) in [5, 5.41) is 0.757. The summed E-state index contributed by atoms with van der Waals surface area (Å²) in [6.45, 7) is 2.69. The molecule has 1 saturated heterocycles. The molecule has 4 nitrogen and oxygen atoms in total. The Hall–Kier alpha value is -1.01. The van der Waals surface area contributed by atoms with Gasteiger partial charge in [0.25, 0.3) is 5.91 Å². The van der Waals surface area contributed by atoms with E-state index in [0.717, 1.165) is 16.6 Å². The van der Waals surface area contributed by atoms with Crippen molar-refractivity contribution in [1.29, 1.82) is 0 Å². The maximum atomic E-state index is 12.6. The molecule has 114 valence electrons. The van der Waals surface area contributed by atoms with Gasteiger partial charge < -0.3 is 9.64 Å². The van der Waals surface area contributed by atoms with Crippen molar-refractivity contribution >= 4 is 39.6 Å². The molecule has 2 rings (SSSR count). The lowest BCUT2D eigenvalue weighted by Crippen LogP contribution is -2.51. The van der Waals surface area contributed by atoms with Gasteiger partial charge in [0.1, 0.15) is 6.04 Å². The van der Waals surface area contributed by atoms with Crippen LogP contribution in [0.15, 0.2) is 24.3 Å². The van der Waals surface area contributed by atoms with Crippen molar-refractivity contribution in [3.8, 4) is 0 Å². The van der Waals surface area contributed by atoms with E-state index in [4.69, 9.17) is 4.74 Å². The third-order valence-electron chi connectivity index (χ3n) is 3.30.